The van der Waals surface area contributed by atoms with E-state index < -0.39 is 0 Å². The van der Waals surface area contributed by atoms with Gasteiger partial charge >= 0.3 is 0 Å². The van der Waals surface area contributed by atoms with Gasteiger partial charge in [0.2, 0.25) is 5.78 Å². The van der Waals surface area contributed by atoms with Crippen molar-refractivity contribution in [3.8, 4) is 0 Å². The van der Waals surface area contributed by atoms with Crippen molar-refractivity contribution in [2.75, 3.05) is 7.05 Å². The Morgan fingerprint density at radius 1 is 1.21 bits per heavy atom. The van der Waals surface area contributed by atoms with E-state index in [2.05, 4.69) is 4.99 Å². The summed E-state index contributed by atoms with van der Waals surface area (Å²) in [6, 6.07) is 8.63. The summed E-state index contributed by atoms with van der Waals surface area (Å²) in [6.07, 6.45) is 1.38. The fourth-order valence-electron chi connectivity index (χ4n) is 2.15. The van der Waals surface area contributed by atoms with Gasteiger partial charge in [-0.25, -0.2) is 0 Å². The van der Waals surface area contributed by atoms with Crippen LogP contribution in [0, 0.1) is 0 Å². The molecule has 0 spiro atoms. The number of rotatable bonds is 3. The Hall–Kier alpha value is -2.23. The molecule has 1 N–H and O–H groups in total. The molecule has 0 aliphatic heterocycles. The summed E-state index contributed by atoms with van der Waals surface area (Å²) >= 11 is 0. The molecule has 1 aliphatic rings. The summed E-state index contributed by atoms with van der Waals surface area (Å²) in [5.41, 5.74) is 0.595. The summed E-state index contributed by atoms with van der Waals surface area (Å²) in [5, 5.41) is 9.86. The number of benzene rings is 1. The van der Waals surface area contributed by atoms with Crippen molar-refractivity contribution in [3.05, 3.63) is 47.2 Å². The number of aliphatic imine (C=N–C) groups is 1. The van der Waals surface area contributed by atoms with E-state index in [9.17, 15) is 14.7 Å². The van der Waals surface area contributed by atoms with Crippen molar-refractivity contribution in [2.24, 2.45) is 4.99 Å². The monoisotopic (exact) mass is 257 g/mol. The first kappa shape index (κ1) is 13.2. The van der Waals surface area contributed by atoms with Gasteiger partial charge < -0.3 is 5.11 Å². The normalized spacial score (nSPS) is 16.7. The molecule has 0 unspecified atom stereocenters. The number of ketones is 2. The van der Waals surface area contributed by atoms with Crippen LogP contribution >= 0.6 is 0 Å². The van der Waals surface area contributed by atoms with Crippen LogP contribution in [0.5, 0.6) is 0 Å². The SMILES string of the molecule is CN=C(C(=O)c1ccccc1)C1=C(O)CCCC1=O. The largest absolute Gasteiger partial charge is 0.511 e. The average Bonchev–Trinajstić information content (AvgIpc) is 2.43. The number of hydrogen-bond donors (Lipinski definition) is 1. The average molecular weight is 257 g/mol. The Bertz CT molecular complexity index is 570. The molecule has 4 heteroatoms. The minimum absolute atomic E-state index is 0.0267. The summed E-state index contributed by atoms with van der Waals surface area (Å²) in [5.74, 6) is -0.574. The molecule has 0 saturated heterocycles. The molecule has 1 aliphatic carbocycles. The van der Waals surface area contributed by atoms with Crippen molar-refractivity contribution < 1.29 is 14.7 Å². The van der Waals surface area contributed by atoms with E-state index >= 15 is 0 Å². The molecule has 0 aromatic heterocycles. The molecule has 0 amide bonds. The highest BCUT2D eigenvalue weighted by atomic mass is 16.3. The van der Waals surface area contributed by atoms with Crippen LogP contribution in [0.25, 0.3) is 0 Å². The molecule has 2 rings (SSSR count). The third-order valence-corrected chi connectivity index (χ3v) is 3.10. The maximum atomic E-state index is 12.3. The fraction of sp³-hybridized carbons (Fsp3) is 0.267. The number of aliphatic hydroxyl groups excluding tert-OH is 1. The van der Waals surface area contributed by atoms with E-state index in [1.165, 1.54) is 7.05 Å². The number of allylic oxidation sites excluding steroid dienone is 2. The zero-order chi connectivity index (χ0) is 13.8. The molecule has 19 heavy (non-hydrogen) atoms. The third-order valence-electron chi connectivity index (χ3n) is 3.10. The predicted molar refractivity (Wildman–Crippen MR) is 72.6 cm³/mol. The fourth-order valence-corrected chi connectivity index (χ4v) is 2.15. The zero-order valence-corrected chi connectivity index (χ0v) is 10.7. The van der Waals surface area contributed by atoms with E-state index in [-0.39, 0.29) is 28.6 Å². The van der Waals surface area contributed by atoms with Crippen LogP contribution in [0.15, 0.2) is 46.7 Å². The summed E-state index contributed by atoms with van der Waals surface area (Å²) < 4.78 is 0. The van der Waals surface area contributed by atoms with E-state index in [1.54, 1.807) is 24.3 Å². The molecule has 0 saturated carbocycles. The highest BCUT2D eigenvalue weighted by molar-refractivity contribution is 6.56. The van der Waals surface area contributed by atoms with Gasteiger partial charge in [0.05, 0.1) is 5.57 Å². The van der Waals surface area contributed by atoms with Gasteiger partial charge in [0.15, 0.2) is 5.78 Å². The first-order valence-corrected chi connectivity index (χ1v) is 6.17. The van der Waals surface area contributed by atoms with Crippen molar-refractivity contribution in [3.63, 3.8) is 0 Å². The Morgan fingerprint density at radius 2 is 1.89 bits per heavy atom. The maximum Gasteiger partial charge on any atom is 0.211 e. The van der Waals surface area contributed by atoms with Crippen LogP contribution in [-0.4, -0.2) is 29.4 Å². The lowest BCUT2D eigenvalue weighted by Gasteiger charge is -2.16. The minimum Gasteiger partial charge on any atom is -0.511 e. The van der Waals surface area contributed by atoms with E-state index in [0.29, 0.717) is 24.8 Å². The molecule has 4 nitrogen and oxygen atoms in total. The number of Topliss-reactive ketones (excluding diaryl/α,β-unsaturated/α-hetero) is 2. The number of nitrogens with zero attached hydrogens (tertiary/aromatic N) is 1. The molecule has 0 radical (unpaired) electrons. The Kier molecular flexibility index (Phi) is 3.90. The molecular formula is C15H15NO3. The van der Waals surface area contributed by atoms with Crippen LogP contribution in [-0.2, 0) is 4.79 Å². The van der Waals surface area contributed by atoms with Crippen LogP contribution in [0.4, 0.5) is 0 Å². The highest BCUT2D eigenvalue weighted by Gasteiger charge is 2.28. The topological polar surface area (TPSA) is 66.7 Å². The van der Waals surface area contributed by atoms with Crippen LogP contribution < -0.4 is 0 Å². The number of aliphatic hydroxyl groups is 1. The van der Waals surface area contributed by atoms with Gasteiger partial charge in [-0.05, 0) is 6.42 Å². The van der Waals surface area contributed by atoms with Crippen molar-refractivity contribution in [1.29, 1.82) is 0 Å². The number of carbonyl (C=O) groups excluding carboxylic acids is 2. The molecule has 0 fully saturated rings. The third kappa shape index (κ3) is 2.62. The molecule has 0 heterocycles. The van der Waals surface area contributed by atoms with Gasteiger partial charge in [-0.1, -0.05) is 30.3 Å². The summed E-state index contributed by atoms with van der Waals surface area (Å²) in [4.78, 5) is 28.1. The standard InChI is InChI=1S/C15H15NO3/c1-16-14(13-11(17)8-5-9-12(13)18)15(19)10-6-3-2-4-7-10/h2-4,6-7,17H,5,8-9H2,1H3. The Labute approximate surface area is 111 Å². The van der Waals surface area contributed by atoms with Gasteiger partial charge in [0.1, 0.15) is 11.5 Å². The highest BCUT2D eigenvalue weighted by Crippen LogP contribution is 2.22. The maximum absolute atomic E-state index is 12.3. The first-order chi connectivity index (χ1) is 9.15. The predicted octanol–water partition coefficient (Wildman–Crippen LogP) is 2.51. The second-order valence-corrected chi connectivity index (χ2v) is 4.37. The van der Waals surface area contributed by atoms with Crippen molar-refractivity contribution >= 4 is 17.3 Å². The van der Waals surface area contributed by atoms with E-state index in [0.717, 1.165) is 0 Å². The molecular weight excluding hydrogens is 242 g/mol. The smallest absolute Gasteiger partial charge is 0.211 e. The summed E-state index contributed by atoms with van der Waals surface area (Å²) in [7, 11) is 1.46. The second kappa shape index (κ2) is 5.61. The van der Waals surface area contributed by atoms with Gasteiger partial charge in [0.25, 0.3) is 0 Å². The molecule has 98 valence electrons. The lowest BCUT2D eigenvalue weighted by molar-refractivity contribution is -0.115. The zero-order valence-electron chi connectivity index (χ0n) is 10.7. The number of hydrogen-bond acceptors (Lipinski definition) is 4. The Balaban J connectivity index is 2.42. The van der Waals surface area contributed by atoms with Crippen LogP contribution in [0.2, 0.25) is 0 Å². The lowest BCUT2D eigenvalue weighted by atomic mass is 9.89. The lowest BCUT2D eigenvalue weighted by Crippen LogP contribution is -2.26. The second-order valence-electron chi connectivity index (χ2n) is 4.37. The van der Waals surface area contributed by atoms with Crippen LogP contribution in [0.1, 0.15) is 29.6 Å². The van der Waals surface area contributed by atoms with Gasteiger partial charge in [-0.2, -0.15) is 0 Å². The van der Waals surface area contributed by atoms with E-state index in [4.69, 9.17) is 0 Å². The minimum atomic E-state index is -0.333. The van der Waals surface area contributed by atoms with Gasteiger partial charge in [0, 0.05) is 25.5 Å². The van der Waals surface area contributed by atoms with E-state index in [1.807, 2.05) is 6.07 Å². The van der Waals surface area contributed by atoms with Gasteiger partial charge in [-0.15, -0.1) is 0 Å². The Morgan fingerprint density at radius 3 is 2.47 bits per heavy atom. The van der Waals surface area contributed by atoms with Crippen molar-refractivity contribution in [2.45, 2.75) is 19.3 Å². The molecule has 0 bridgehead atoms. The quantitative estimate of drug-likeness (QED) is 0.668. The number of carbonyl (C=O) groups is 2. The first-order valence-electron chi connectivity index (χ1n) is 6.17. The summed E-state index contributed by atoms with van der Waals surface area (Å²) in [6.45, 7) is 0. The van der Waals surface area contributed by atoms with Crippen molar-refractivity contribution in [1.82, 2.24) is 0 Å². The van der Waals surface area contributed by atoms with Crippen LogP contribution in [0.3, 0.4) is 0 Å². The molecule has 1 aromatic rings. The van der Waals surface area contributed by atoms with Gasteiger partial charge in [-0.3, -0.25) is 14.6 Å². The molecule has 0 atom stereocenters. The molecule has 1 aromatic carbocycles.